The zero-order chi connectivity index (χ0) is 32.0. The fourth-order valence-corrected chi connectivity index (χ4v) is 8.36. The summed E-state index contributed by atoms with van der Waals surface area (Å²) in [5.74, 6) is -1.92. The topological polar surface area (TPSA) is 102 Å². The summed E-state index contributed by atoms with van der Waals surface area (Å²) in [6, 6.07) is 2.40. The Morgan fingerprint density at radius 2 is 1.87 bits per heavy atom. The molecule has 9 nitrogen and oxygen atoms in total. The molecule has 16 heteroatoms. The molecule has 46 heavy (non-hydrogen) atoms. The van der Waals surface area contributed by atoms with Gasteiger partial charge >= 0.3 is 12.2 Å². The number of ether oxygens (including phenoxy) is 2. The zero-order valence-electron chi connectivity index (χ0n) is 24.3. The van der Waals surface area contributed by atoms with Crippen molar-refractivity contribution in [2.24, 2.45) is 0 Å². The van der Waals surface area contributed by atoms with Gasteiger partial charge in [0, 0.05) is 54.7 Å². The number of halogens is 6. The van der Waals surface area contributed by atoms with Crippen LogP contribution in [0.15, 0.2) is 18.2 Å². The highest BCUT2D eigenvalue weighted by atomic mass is 32.1. The van der Waals surface area contributed by atoms with Gasteiger partial charge in [-0.15, -0.1) is 0 Å². The van der Waals surface area contributed by atoms with E-state index in [9.17, 15) is 22.0 Å². The average molecular weight is 666 g/mol. The summed E-state index contributed by atoms with van der Waals surface area (Å²) in [7, 11) is 0. The van der Waals surface area contributed by atoms with Gasteiger partial charge in [-0.25, -0.2) is 18.2 Å². The molecule has 4 saturated heterocycles. The van der Waals surface area contributed by atoms with E-state index in [1.807, 2.05) is 4.90 Å². The minimum absolute atomic E-state index is 0.0464. The van der Waals surface area contributed by atoms with E-state index in [0.717, 1.165) is 42.5 Å². The second kappa shape index (κ2) is 10.8. The second-order valence-electron chi connectivity index (χ2n) is 12.5. The molecule has 2 bridgehead atoms. The Kier molecular flexibility index (Phi) is 7.01. The predicted octanol–water partition coefficient (Wildman–Crippen LogP) is 4.92. The molecule has 4 atom stereocenters. The Morgan fingerprint density at radius 1 is 1.09 bits per heavy atom. The number of aromatic nitrogens is 3. The fraction of sp³-hybridized carbons (Fsp3) is 0.500. The molecule has 0 amide bonds. The van der Waals surface area contributed by atoms with Crippen molar-refractivity contribution in [2.75, 3.05) is 56.6 Å². The normalized spacial score (nSPS) is 26.7. The number of hydrogen-bond acceptors (Lipinski definition) is 10. The molecule has 3 N–H and O–H groups in total. The van der Waals surface area contributed by atoms with Crippen LogP contribution in [-0.4, -0.2) is 89.6 Å². The molecule has 4 aromatic rings. The van der Waals surface area contributed by atoms with E-state index in [2.05, 4.69) is 20.3 Å². The van der Waals surface area contributed by atoms with Crippen LogP contribution in [0, 0.1) is 11.6 Å². The molecule has 4 aliphatic heterocycles. The molecule has 0 spiro atoms. The quantitative estimate of drug-likeness (QED) is 0.288. The molecule has 0 saturated carbocycles. The first kappa shape index (κ1) is 29.9. The number of nitrogens with zero attached hydrogens (tertiary/aromatic N) is 5. The van der Waals surface area contributed by atoms with Crippen LogP contribution in [0.4, 0.5) is 37.3 Å². The third kappa shape index (κ3) is 4.91. The van der Waals surface area contributed by atoms with Crippen molar-refractivity contribution in [1.82, 2.24) is 25.2 Å². The third-order valence-corrected chi connectivity index (χ3v) is 10.4. The molecule has 4 fully saturated rings. The molecule has 2 aromatic carbocycles. The second-order valence-corrected chi connectivity index (χ2v) is 13.6. The van der Waals surface area contributed by atoms with Crippen LogP contribution in [-0.2, 0) is 10.9 Å². The maximum Gasteiger partial charge on any atom is 0.417 e. The molecule has 0 aliphatic carbocycles. The van der Waals surface area contributed by atoms with Gasteiger partial charge in [-0.05, 0) is 37.6 Å². The number of anilines is 2. The molecule has 4 aliphatic rings. The number of alkyl halides is 4. The van der Waals surface area contributed by atoms with Gasteiger partial charge in [0.2, 0.25) is 0 Å². The first-order valence-electron chi connectivity index (χ1n) is 15.1. The average Bonchev–Trinajstić information content (AvgIpc) is 3.67. The van der Waals surface area contributed by atoms with Gasteiger partial charge in [0.1, 0.15) is 29.9 Å². The molecular weight excluding hydrogens is 636 g/mol. The number of nitrogens with two attached hydrogens (primary N) is 1. The van der Waals surface area contributed by atoms with Crippen molar-refractivity contribution < 1.29 is 35.8 Å². The van der Waals surface area contributed by atoms with Gasteiger partial charge in [0.15, 0.2) is 10.9 Å². The van der Waals surface area contributed by atoms with Gasteiger partial charge in [0.05, 0.1) is 34.5 Å². The lowest BCUT2D eigenvalue weighted by molar-refractivity contribution is -0.137. The number of hydrogen-bond donors (Lipinski definition) is 2. The van der Waals surface area contributed by atoms with E-state index in [0.29, 0.717) is 39.3 Å². The maximum atomic E-state index is 16.8. The summed E-state index contributed by atoms with van der Waals surface area (Å²) in [5.41, 5.74) is 2.28. The fourth-order valence-electron chi connectivity index (χ4n) is 7.60. The summed E-state index contributed by atoms with van der Waals surface area (Å²) in [4.78, 5) is 16.8. The molecule has 8 rings (SSSR count). The summed E-state index contributed by atoms with van der Waals surface area (Å²) >= 11 is 0.757. The van der Waals surface area contributed by atoms with Crippen molar-refractivity contribution in [1.29, 1.82) is 0 Å². The SMILES string of the molecule is Nc1nc2c(-c3c(C(F)(F)F)cc4c(N5CC6COCC(C5)N6)nc(OC[C@@]56CCCN5C[C@H](F)C6)nc4c3F)ccc(F)c2s1. The number of nitrogens with one attached hydrogen (secondary N) is 1. The van der Waals surface area contributed by atoms with Crippen LogP contribution < -0.4 is 20.7 Å². The third-order valence-electron chi connectivity index (χ3n) is 9.50. The lowest BCUT2D eigenvalue weighted by Gasteiger charge is -2.43. The first-order valence-corrected chi connectivity index (χ1v) is 15.9. The number of piperazine rings is 1. The molecule has 0 radical (unpaired) electrons. The maximum absolute atomic E-state index is 16.8. The highest BCUT2D eigenvalue weighted by Crippen LogP contribution is 2.46. The standard InChI is InChI=1S/C30H29F6N7O2S/c31-14-7-29(4-1-5-43(29)8-14)13-45-28-40-23-18(26(41-28)42-9-15-11-44-12-16(10-42)38-15)6-19(30(34,35)36)21(22(23)33)17-2-3-20(32)25-24(17)39-27(37)46-25/h2-3,6,14-16,38H,1,4-5,7-13H2,(H2,37,39)/t14-,15?,16?,29+/m1/s1. The van der Waals surface area contributed by atoms with Gasteiger partial charge in [-0.1, -0.05) is 11.3 Å². The number of fused-ring (bicyclic) bond motifs is 5. The van der Waals surface area contributed by atoms with E-state index in [-0.39, 0.29) is 68.8 Å². The van der Waals surface area contributed by atoms with Crippen LogP contribution in [0.1, 0.15) is 24.8 Å². The van der Waals surface area contributed by atoms with E-state index in [4.69, 9.17) is 15.2 Å². The Morgan fingerprint density at radius 3 is 2.63 bits per heavy atom. The van der Waals surface area contributed by atoms with Gasteiger partial charge in [-0.3, -0.25) is 4.90 Å². The molecule has 2 unspecified atom stereocenters. The minimum Gasteiger partial charge on any atom is -0.461 e. The van der Waals surface area contributed by atoms with Crippen LogP contribution in [0.2, 0.25) is 0 Å². The lowest BCUT2D eigenvalue weighted by atomic mass is 9.94. The highest BCUT2D eigenvalue weighted by molar-refractivity contribution is 7.22. The van der Waals surface area contributed by atoms with E-state index >= 15 is 4.39 Å². The molecule has 244 valence electrons. The summed E-state index contributed by atoms with van der Waals surface area (Å²) in [5, 5.41) is 3.20. The van der Waals surface area contributed by atoms with Gasteiger partial charge in [0.25, 0.3) is 0 Å². The van der Waals surface area contributed by atoms with Crippen molar-refractivity contribution in [3.05, 3.63) is 35.4 Å². The number of thiazole rings is 1. The Labute approximate surface area is 262 Å². The largest absolute Gasteiger partial charge is 0.461 e. The minimum atomic E-state index is -5.01. The number of rotatable bonds is 5. The van der Waals surface area contributed by atoms with E-state index in [1.165, 1.54) is 0 Å². The number of benzene rings is 2. The lowest BCUT2D eigenvalue weighted by Crippen LogP contribution is -2.63. The molecular formula is C30H29F6N7O2S. The Bertz CT molecular complexity index is 1840. The van der Waals surface area contributed by atoms with Gasteiger partial charge in [-0.2, -0.15) is 23.1 Å². The van der Waals surface area contributed by atoms with Crippen LogP contribution >= 0.6 is 11.3 Å². The van der Waals surface area contributed by atoms with Crippen molar-refractivity contribution in [3.8, 4) is 17.1 Å². The monoisotopic (exact) mass is 665 g/mol. The summed E-state index contributed by atoms with van der Waals surface area (Å²) in [6.45, 7) is 2.53. The predicted molar refractivity (Wildman–Crippen MR) is 160 cm³/mol. The van der Waals surface area contributed by atoms with Crippen LogP contribution in [0.5, 0.6) is 6.01 Å². The van der Waals surface area contributed by atoms with Crippen LogP contribution in [0.25, 0.3) is 32.2 Å². The smallest absolute Gasteiger partial charge is 0.417 e. The highest BCUT2D eigenvalue weighted by Gasteiger charge is 2.49. The first-order chi connectivity index (χ1) is 22.0. The Hall–Kier alpha value is -3.47. The Balaban J connectivity index is 1.32. The molecule has 2 aromatic heterocycles. The summed E-state index contributed by atoms with van der Waals surface area (Å²) in [6.07, 6.45) is -4.16. The number of nitrogen functional groups attached to an aromatic ring is 1. The van der Waals surface area contributed by atoms with Gasteiger partial charge < -0.3 is 25.4 Å². The van der Waals surface area contributed by atoms with E-state index < -0.39 is 40.6 Å². The number of morpholine rings is 1. The molecule has 6 heterocycles. The van der Waals surface area contributed by atoms with Crippen molar-refractivity contribution in [3.63, 3.8) is 0 Å². The van der Waals surface area contributed by atoms with Crippen molar-refractivity contribution in [2.45, 2.75) is 49.2 Å². The summed E-state index contributed by atoms with van der Waals surface area (Å²) < 4.78 is 102. The van der Waals surface area contributed by atoms with Crippen LogP contribution in [0.3, 0.4) is 0 Å². The van der Waals surface area contributed by atoms with E-state index in [1.54, 1.807) is 4.90 Å². The zero-order valence-corrected chi connectivity index (χ0v) is 25.2. The van der Waals surface area contributed by atoms with Crippen molar-refractivity contribution >= 4 is 43.4 Å².